The Hall–Kier alpha value is -2.62. The predicted molar refractivity (Wildman–Crippen MR) is 67.9 cm³/mol. The van der Waals surface area contributed by atoms with E-state index in [-0.39, 0.29) is 15.9 Å². The molecule has 0 saturated heterocycles. The Labute approximate surface area is 121 Å². The Kier molecular flexibility index (Phi) is 4.38. The minimum atomic E-state index is -1.49. The van der Waals surface area contributed by atoms with Gasteiger partial charge in [-0.15, -0.1) is 10.2 Å². The summed E-state index contributed by atoms with van der Waals surface area (Å²) in [6, 6.07) is 2.39. The molecular formula is C11H8N3O6S-. The second kappa shape index (κ2) is 6.22. The Morgan fingerprint density at radius 2 is 2.19 bits per heavy atom. The highest BCUT2D eigenvalue weighted by Crippen LogP contribution is 2.28. The van der Waals surface area contributed by atoms with Crippen LogP contribution >= 0.6 is 11.8 Å². The van der Waals surface area contributed by atoms with E-state index in [2.05, 4.69) is 10.2 Å². The van der Waals surface area contributed by atoms with E-state index < -0.39 is 16.8 Å². The largest absolute Gasteiger partial charge is 0.544 e. The standard InChI is InChI=1S/C11H9N3O6S/c1-2-8-12-13-11(20-8)21-7(10(15)16)5-6-3-4-9(19-6)14(17)18/h3-5H,2H2,1H3,(H,15,16)/p-1/b7-5-. The summed E-state index contributed by atoms with van der Waals surface area (Å²) in [6.07, 6.45) is 1.60. The number of aromatic nitrogens is 2. The van der Waals surface area contributed by atoms with E-state index in [1.165, 1.54) is 6.07 Å². The van der Waals surface area contributed by atoms with Crippen molar-refractivity contribution >= 4 is 29.7 Å². The molecule has 0 aromatic carbocycles. The van der Waals surface area contributed by atoms with Crippen LogP contribution in [-0.2, 0) is 11.2 Å². The van der Waals surface area contributed by atoms with Crippen molar-refractivity contribution in [1.82, 2.24) is 10.2 Å². The first kappa shape index (κ1) is 14.8. The highest BCUT2D eigenvalue weighted by molar-refractivity contribution is 8.03. The summed E-state index contributed by atoms with van der Waals surface area (Å²) >= 11 is 0.674. The quantitative estimate of drug-likeness (QED) is 0.331. The van der Waals surface area contributed by atoms with Gasteiger partial charge in [-0.25, -0.2) is 0 Å². The number of carboxylic acids is 1. The van der Waals surface area contributed by atoms with Gasteiger partial charge in [-0.1, -0.05) is 6.92 Å². The Morgan fingerprint density at radius 1 is 1.43 bits per heavy atom. The number of carbonyl (C=O) groups is 1. The summed E-state index contributed by atoms with van der Waals surface area (Å²) in [5.41, 5.74) is 0. The van der Waals surface area contributed by atoms with Gasteiger partial charge in [0.25, 0.3) is 5.22 Å². The highest BCUT2D eigenvalue weighted by Gasteiger charge is 2.14. The SMILES string of the molecule is CCc1nnc(S/C(=C\c2ccc([N+](=O)[O-])o2)C(=O)[O-])o1. The van der Waals surface area contributed by atoms with E-state index in [0.29, 0.717) is 24.1 Å². The van der Waals surface area contributed by atoms with Gasteiger partial charge in [-0.3, -0.25) is 10.1 Å². The zero-order valence-corrected chi connectivity index (χ0v) is 11.5. The summed E-state index contributed by atoms with van der Waals surface area (Å²) in [5, 5.41) is 28.9. The molecule has 0 aliphatic carbocycles. The fourth-order valence-corrected chi connectivity index (χ4v) is 1.96. The predicted octanol–water partition coefficient (Wildman–Crippen LogP) is 1.02. The molecule has 2 aromatic rings. The van der Waals surface area contributed by atoms with Crippen LogP contribution < -0.4 is 5.11 Å². The Morgan fingerprint density at radius 3 is 2.71 bits per heavy atom. The number of thioether (sulfide) groups is 1. The van der Waals surface area contributed by atoms with Gasteiger partial charge in [0.1, 0.15) is 10.7 Å². The topological polar surface area (TPSA) is 135 Å². The summed E-state index contributed by atoms with van der Waals surface area (Å²) in [6.45, 7) is 1.81. The third-order valence-corrected chi connectivity index (χ3v) is 3.06. The zero-order valence-electron chi connectivity index (χ0n) is 10.6. The number of nitro groups is 1. The van der Waals surface area contributed by atoms with Crippen LogP contribution in [-0.4, -0.2) is 21.1 Å². The van der Waals surface area contributed by atoms with Crippen molar-refractivity contribution < 1.29 is 23.7 Å². The van der Waals surface area contributed by atoms with Crippen LogP contribution in [0.15, 0.2) is 31.1 Å². The van der Waals surface area contributed by atoms with E-state index in [1.54, 1.807) is 6.92 Å². The smallest absolute Gasteiger partial charge is 0.433 e. The number of aliphatic carboxylic acids is 1. The number of nitrogens with zero attached hydrogens (tertiary/aromatic N) is 3. The molecule has 110 valence electrons. The van der Waals surface area contributed by atoms with Crippen molar-refractivity contribution in [3.8, 4) is 0 Å². The molecule has 0 aliphatic heterocycles. The normalized spacial score (nSPS) is 11.6. The average Bonchev–Trinajstić information content (AvgIpc) is 3.06. The fraction of sp³-hybridized carbons (Fsp3) is 0.182. The first-order chi connectivity index (χ1) is 9.99. The lowest BCUT2D eigenvalue weighted by Gasteiger charge is -2.03. The van der Waals surface area contributed by atoms with E-state index in [9.17, 15) is 20.0 Å². The van der Waals surface area contributed by atoms with Crippen LogP contribution in [0.1, 0.15) is 18.6 Å². The van der Waals surface area contributed by atoms with E-state index >= 15 is 0 Å². The first-order valence-electron chi connectivity index (χ1n) is 5.67. The van der Waals surface area contributed by atoms with Crippen LogP contribution in [0.3, 0.4) is 0 Å². The number of carbonyl (C=O) groups excluding carboxylic acids is 1. The average molecular weight is 310 g/mol. The lowest BCUT2D eigenvalue weighted by Crippen LogP contribution is -2.22. The molecular weight excluding hydrogens is 302 g/mol. The van der Waals surface area contributed by atoms with Gasteiger partial charge in [0, 0.05) is 11.3 Å². The molecule has 9 nitrogen and oxygen atoms in total. The number of aryl methyl sites for hydroxylation is 1. The first-order valence-corrected chi connectivity index (χ1v) is 6.48. The molecule has 0 atom stereocenters. The molecule has 0 aliphatic rings. The molecule has 21 heavy (non-hydrogen) atoms. The van der Waals surface area contributed by atoms with Crippen LogP contribution in [0, 0.1) is 10.1 Å². The number of rotatable bonds is 6. The number of hydrogen-bond acceptors (Lipinski definition) is 9. The maximum Gasteiger partial charge on any atom is 0.433 e. The van der Waals surface area contributed by atoms with Gasteiger partial charge in [-0.2, -0.15) is 0 Å². The molecule has 0 unspecified atom stereocenters. The fourth-order valence-electron chi connectivity index (χ4n) is 1.29. The van der Waals surface area contributed by atoms with Crippen molar-refractivity contribution in [2.75, 3.05) is 0 Å². The van der Waals surface area contributed by atoms with Gasteiger partial charge in [-0.05, 0) is 23.9 Å². The van der Waals surface area contributed by atoms with Gasteiger partial charge < -0.3 is 18.7 Å². The molecule has 0 amide bonds. The van der Waals surface area contributed by atoms with Crippen molar-refractivity contribution in [3.63, 3.8) is 0 Å². The summed E-state index contributed by atoms with van der Waals surface area (Å²) < 4.78 is 10.0. The van der Waals surface area contributed by atoms with Gasteiger partial charge in [0.15, 0.2) is 0 Å². The molecule has 0 spiro atoms. The molecule has 0 saturated carbocycles. The maximum atomic E-state index is 11.1. The Bertz CT molecular complexity index is 704. The van der Waals surface area contributed by atoms with Gasteiger partial charge >= 0.3 is 5.88 Å². The molecule has 0 bridgehead atoms. The number of furan rings is 1. The molecule has 0 fully saturated rings. The molecule has 0 N–H and O–H groups in total. The van der Waals surface area contributed by atoms with Crippen molar-refractivity contribution in [2.45, 2.75) is 18.6 Å². The summed E-state index contributed by atoms with van der Waals surface area (Å²) in [4.78, 5) is 20.5. The van der Waals surface area contributed by atoms with E-state index in [1.807, 2.05) is 0 Å². The molecule has 0 radical (unpaired) electrons. The third kappa shape index (κ3) is 3.69. The van der Waals surface area contributed by atoms with Crippen LogP contribution in [0.4, 0.5) is 5.88 Å². The van der Waals surface area contributed by atoms with E-state index in [0.717, 1.165) is 12.1 Å². The Balaban J connectivity index is 2.23. The number of hydrogen-bond donors (Lipinski definition) is 0. The number of carboxylic acid groups (broad SMARTS) is 1. The van der Waals surface area contributed by atoms with Crippen LogP contribution in [0.25, 0.3) is 6.08 Å². The van der Waals surface area contributed by atoms with E-state index in [4.69, 9.17) is 8.83 Å². The van der Waals surface area contributed by atoms with Crippen LogP contribution in [0.2, 0.25) is 0 Å². The molecule has 2 heterocycles. The minimum absolute atomic E-state index is 0.00336. The second-order valence-corrected chi connectivity index (χ2v) is 4.64. The summed E-state index contributed by atoms with van der Waals surface area (Å²) in [7, 11) is 0. The van der Waals surface area contributed by atoms with Crippen LogP contribution in [0.5, 0.6) is 0 Å². The molecule has 2 aromatic heterocycles. The minimum Gasteiger partial charge on any atom is -0.544 e. The summed E-state index contributed by atoms with van der Waals surface area (Å²) in [5.74, 6) is -1.61. The molecule has 2 rings (SSSR count). The van der Waals surface area contributed by atoms with Gasteiger partial charge in [0.2, 0.25) is 5.89 Å². The maximum absolute atomic E-state index is 11.1. The van der Waals surface area contributed by atoms with Crippen molar-refractivity contribution in [1.29, 1.82) is 0 Å². The lowest BCUT2D eigenvalue weighted by molar-refractivity contribution is -0.402. The third-order valence-electron chi connectivity index (χ3n) is 2.22. The lowest BCUT2D eigenvalue weighted by atomic mass is 10.4. The zero-order chi connectivity index (χ0) is 15.4. The second-order valence-electron chi connectivity index (χ2n) is 3.65. The van der Waals surface area contributed by atoms with Gasteiger partial charge in [0.05, 0.1) is 12.0 Å². The monoisotopic (exact) mass is 310 g/mol. The molecule has 10 heteroatoms. The van der Waals surface area contributed by atoms with Crippen molar-refractivity contribution in [2.24, 2.45) is 0 Å². The highest BCUT2D eigenvalue weighted by atomic mass is 32.2. The van der Waals surface area contributed by atoms with Crippen molar-refractivity contribution in [3.05, 3.63) is 38.8 Å².